The summed E-state index contributed by atoms with van der Waals surface area (Å²) in [5.41, 5.74) is 1.70. The molecule has 4 fully saturated rings. The van der Waals surface area contributed by atoms with Crippen LogP contribution in [0, 0.1) is 17.8 Å². The number of aliphatic hydroxyl groups excluding tert-OH is 1. The van der Waals surface area contributed by atoms with Crippen molar-refractivity contribution in [1.82, 2.24) is 4.98 Å². The zero-order chi connectivity index (χ0) is 12.3. The third-order valence-corrected chi connectivity index (χ3v) is 6.48. The summed E-state index contributed by atoms with van der Waals surface area (Å²) in [6.07, 6.45) is 8.12. The molecule has 4 bridgehead atoms. The molecule has 18 heavy (non-hydrogen) atoms. The molecule has 1 unspecified atom stereocenters. The first-order valence-electron chi connectivity index (χ1n) is 7.28. The van der Waals surface area contributed by atoms with Crippen LogP contribution >= 0.6 is 11.3 Å². The number of thiazole rings is 1. The summed E-state index contributed by atoms with van der Waals surface area (Å²) in [6, 6.07) is 0. The monoisotopic (exact) mass is 263 g/mol. The van der Waals surface area contributed by atoms with E-state index < -0.39 is 6.10 Å². The lowest BCUT2D eigenvalue weighted by Gasteiger charge is -2.56. The van der Waals surface area contributed by atoms with Crippen molar-refractivity contribution < 1.29 is 5.11 Å². The van der Waals surface area contributed by atoms with Crippen LogP contribution in [0.1, 0.15) is 62.3 Å². The lowest BCUT2D eigenvalue weighted by molar-refractivity contribution is -0.00709. The average molecular weight is 263 g/mol. The molecule has 1 aromatic heterocycles. The number of aromatic nitrogens is 1. The van der Waals surface area contributed by atoms with Crippen molar-refractivity contribution in [3.05, 3.63) is 16.1 Å². The van der Waals surface area contributed by atoms with Gasteiger partial charge in [0.15, 0.2) is 0 Å². The second-order valence-electron chi connectivity index (χ2n) is 6.94. The lowest BCUT2D eigenvalue weighted by Crippen LogP contribution is -2.48. The minimum Gasteiger partial charge on any atom is -0.386 e. The summed E-state index contributed by atoms with van der Waals surface area (Å²) in [4.78, 5) is 4.77. The Bertz CT molecular complexity index is 430. The molecule has 2 nitrogen and oxygen atoms in total. The van der Waals surface area contributed by atoms with Gasteiger partial charge in [0.25, 0.3) is 0 Å². The van der Waals surface area contributed by atoms with E-state index >= 15 is 0 Å². The van der Waals surface area contributed by atoms with Crippen LogP contribution in [0.4, 0.5) is 0 Å². The van der Waals surface area contributed by atoms with Crippen molar-refractivity contribution >= 4 is 11.3 Å². The zero-order valence-corrected chi connectivity index (χ0v) is 11.7. The Labute approximate surface area is 112 Å². The molecule has 5 rings (SSSR count). The SMILES string of the molecule is CC(O)c1nc(C23CC4CC(CC(C4)C2)C3)cs1. The van der Waals surface area contributed by atoms with Gasteiger partial charge in [-0.3, -0.25) is 0 Å². The van der Waals surface area contributed by atoms with Gasteiger partial charge in [-0.15, -0.1) is 11.3 Å². The quantitative estimate of drug-likeness (QED) is 0.883. The van der Waals surface area contributed by atoms with Gasteiger partial charge in [-0.05, 0) is 63.2 Å². The second-order valence-corrected chi connectivity index (χ2v) is 7.83. The van der Waals surface area contributed by atoms with Gasteiger partial charge in [-0.2, -0.15) is 0 Å². The number of aliphatic hydroxyl groups is 1. The van der Waals surface area contributed by atoms with Crippen molar-refractivity contribution in [3.63, 3.8) is 0 Å². The van der Waals surface area contributed by atoms with Gasteiger partial charge in [0.1, 0.15) is 11.1 Å². The molecule has 1 heterocycles. The summed E-state index contributed by atoms with van der Waals surface area (Å²) in [5.74, 6) is 2.90. The molecular formula is C15H21NOS. The van der Waals surface area contributed by atoms with Gasteiger partial charge in [0, 0.05) is 10.8 Å². The Morgan fingerprint density at radius 2 is 1.78 bits per heavy atom. The predicted octanol–water partition coefficient (Wildman–Crippen LogP) is 3.66. The second kappa shape index (κ2) is 3.80. The van der Waals surface area contributed by atoms with Crippen molar-refractivity contribution in [2.45, 2.75) is 57.0 Å². The maximum Gasteiger partial charge on any atom is 0.121 e. The van der Waals surface area contributed by atoms with Gasteiger partial charge < -0.3 is 5.11 Å². The topological polar surface area (TPSA) is 33.1 Å². The number of hydrogen-bond donors (Lipinski definition) is 1. The fraction of sp³-hybridized carbons (Fsp3) is 0.800. The van der Waals surface area contributed by atoms with Gasteiger partial charge in [0.2, 0.25) is 0 Å². The van der Waals surface area contributed by atoms with Crippen molar-refractivity contribution in [2.75, 3.05) is 0 Å². The fourth-order valence-electron chi connectivity index (χ4n) is 5.15. The highest BCUT2D eigenvalue weighted by atomic mass is 32.1. The van der Waals surface area contributed by atoms with E-state index in [0.29, 0.717) is 5.41 Å². The first-order chi connectivity index (χ1) is 8.64. The highest BCUT2D eigenvalue weighted by Gasteiger charge is 2.52. The van der Waals surface area contributed by atoms with Crippen molar-refractivity contribution in [2.24, 2.45) is 17.8 Å². The van der Waals surface area contributed by atoms with Gasteiger partial charge in [-0.25, -0.2) is 4.98 Å². The molecule has 0 spiro atoms. The molecule has 3 heteroatoms. The molecule has 4 aliphatic rings. The van der Waals surface area contributed by atoms with Crippen LogP contribution in [0.25, 0.3) is 0 Å². The Kier molecular flexibility index (Phi) is 2.41. The Morgan fingerprint density at radius 1 is 1.22 bits per heavy atom. The van der Waals surface area contributed by atoms with E-state index in [1.807, 2.05) is 6.92 Å². The highest BCUT2D eigenvalue weighted by molar-refractivity contribution is 7.09. The molecule has 1 atom stereocenters. The molecule has 0 aromatic carbocycles. The van der Waals surface area contributed by atoms with E-state index in [1.54, 1.807) is 11.3 Å². The molecule has 4 saturated carbocycles. The summed E-state index contributed by atoms with van der Waals surface area (Å²) in [6.45, 7) is 1.82. The molecule has 1 aromatic rings. The van der Waals surface area contributed by atoms with Gasteiger partial charge in [0.05, 0.1) is 5.69 Å². The molecule has 0 radical (unpaired) electrons. The molecule has 4 aliphatic carbocycles. The molecule has 1 N–H and O–H groups in total. The standard InChI is InChI=1S/C15H21NOS/c1-9(17)14-16-13(8-18-14)15-5-10-2-11(6-15)4-12(3-10)7-15/h8-12,17H,2-7H2,1H3. The van der Waals surface area contributed by atoms with Crippen LogP contribution in [0.3, 0.4) is 0 Å². The van der Waals surface area contributed by atoms with Crippen LogP contribution in [0.5, 0.6) is 0 Å². The molecular weight excluding hydrogens is 242 g/mol. The largest absolute Gasteiger partial charge is 0.386 e. The average Bonchev–Trinajstić information content (AvgIpc) is 2.76. The first kappa shape index (κ1) is 11.4. The van der Waals surface area contributed by atoms with Crippen LogP contribution in [-0.2, 0) is 5.41 Å². The summed E-state index contributed by atoms with van der Waals surface area (Å²) < 4.78 is 0. The van der Waals surface area contributed by atoms with Crippen LogP contribution < -0.4 is 0 Å². The fourth-order valence-corrected chi connectivity index (χ4v) is 6.03. The maximum absolute atomic E-state index is 9.67. The van der Waals surface area contributed by atoms with Gasteiger partial charge >= 0.3 is 0 Å². The zero-order valence-electron chi connectivity index (χ0n) is 10.9. The highest BCUT2D eigenvalue weighted by Crippen LogP contribution is 2.60. The minimum absolute atomic E-state index is 0.387. The number of rotatable bonds is 2. The lowest BCUT2D eigenvalue weighted by atomic mass is 9.49. The van der Waals surface area contributed by atoms with Crippen molar-refractivity contribution in [3.8, 4) is 0 Å². The van der Waals surface area contributed by atoms with Crippen LogP contribution in [0.2, 0.25) is 0 Å². The minimum atomic E-state index is -0.405. The van der Waals surface area contributed by atoms with Crippen molar-refractivity contribution in [1.29, 1.82) is 0 Å². The molecule has 0 saturated heterocycles. The van der Waals surface area contributed by atoms with Crippen LogP contribution in [-0.4, -0.2) is 10.1 Å². The third kappa shape index (κ3) is 1.60. The van der Waals surface area contributed by atoms with E-state index in [4.69, 9.17) is 4.98 Å². The van der Waals surface area contributed by atoms with E-state index in [2.05, 4.69) is 5.38 Å². The van der Waals surface area contributed by atoms with E-state index in [9.17, 15) is 5.11 Å². The Morgan fingerprint density at radius 3 is 2.22 bits per heavy atom. The van der Waals surface area contributed by atoms with Crippen LogP contribution in [0.15, 0.2) is 5.38 Å². The van der Waals surface area contributed by atoms with E-state index in [0.717, 1.165) is 22.8 Å². The Hall–Kier alpha value is -0.410. The summed E-state index contributed by atoms with van der Waals surface area (Å²) in [5, 5.41) is 12.8. The number of hydrogen-bond acceptors (Lipinski definition) is 3. The maximum atomic E-state index is 9.67. The predicted molar refractivity (Wildman–Crippen MR) is 72.6 cm³/mol. The molecule has 98 valence electrons. The first-order valence-corrected chi connectivity index (χ1v) is 8.16. The Balaban J connectivity index is 1.70. The smallest absolute Gasteiger partial charge is 0.121 e. The van der Waals surface area contributed by atoms with E-state index in [1.165, 1.54) is 44.2 Å². The van der Waals surface area contributed by atoms with E-state index in [-0.39, 0.29) is 0 Å². The van der Waals surface area contributed by atoms with Gasteiger partial charge in [-0.1, -0.05) is 0 Å². The molecule has 0 aliphatic heterocycles. The molecule has 0 amide bonds. The normalized spacial score (nSPS) is 43.3. The number of nitrogens with zero attached hydrogens (tertiary/aromatic N) is 1. The summed E-state index contributed by atoms with van der Waals surface area (Å²) >= 11 is 1.65. The third-order valence-electron chi connectivity index (χ3n) is 5.46. The summed E-state index contributed by atoms with van der Waals surface area (Å²) in [7, 11) is 0.